The minimum atomic E-state index is -4.36. The third-order valence-corrected chi connectivity index (χ3v) is 3.53. The van der Waals surface area contributed by atoms with E-state index < -0.39 is 17.8 Å². The van der Waals surface area contributed by atoms with E-state index in [-0.39, 0.29) is 18.0 Å². The van der Waals surface area contributed by atoms with Gasteiger partial charge in [-0.05, 0) is 44.4 Å². The number of halogens is 3. The Hall–Kier alpha value is -1.56. The largest absolute Gasteiger partial charge is 0.416 e. The van der Waals surface area contributed by atoms with E-state index in [0.717, 1.165) is 25.0 Å². The highest BCUT2D eigenvalue weighted by Gasteiger charge is 2.31. The van der Waals surface area contributed by atoms with Crippen LogP contribution in [0.5, 0.6) is 0 Å². The van der Waals surface area contributed by atoms with Crippen molar-refractivity contribution in [2.75, 3.05) is 0 Å². The Morgan fingerprint density at radius 2 is 1.95 bits per heavy atom. The zero-order chi connectivity index (χ0) is 15.6. The quantitative estimate of drug-likeness (QED) is 0.877. The molecule has 0 heterocycles. The van der Waals surface area contributed by atoms with E-state index >= 15 is 0 Å². The lowest BCUT2D eigenvalue weighted by Gasteiger charge is -2.20. The minimum Gasteiger partial charge on any atom is -0.352 e. The van der Waals surface area contributed by atoms with E-state index in [2.05, 4.69) is 10.6 Å². The molecule has 0 bridgehead atoms. The fourth-order valence-corrected chi connectivity index (χ4v) is 2.09. The molecule has 0 radical (unpaired) electrons. The molecule has 0 saturated heterocycles. The summed E-state index contributed by atoms with van der Waals surface area (Å²) in [6, 6.07) is 4.64. The molecule has 2 rings (SSSR count). The van der Waals surface area contributed by atoms with Gasteiger partial charge in [-0.25, -0.2) is 0 Å². The number of rotatable bonds is 5. The lowest BCUT2D eigenvalue weighted by molar-refractivity contribution is -0.137. The Kier molecular flexibility index (Phi) is 4.56. The van der Waals surface area contributed by atoms with E-state index in [1.54, 1.807) is 19.9 Å². The molecule has 1 saturated carbocycles. The van der Waals surface area contributed by atoms with Crippen LogP contribution in [0.2, 0.25) is 0 Å². The number of hydrogen-bond acceptors (Lipinski definition) is 2. The molecule has 1 fully saturated rings. The molecule has 1 aromatic carbocycles. The molecule has 116 valence electrons. The highest BCUT2D eigenvalue weighted by atomic mass is 19.4. The molecule has 6 heteroatoms. The van der Waals surface area contributed by atoms with Crippen LogP contribution < -0.4 is 10.6 Å². The highest BCUT2D eigenvalue weighted by molar-refractivity contribution is 5.81. The van der Waals surface area contributed by atoms with E-state index in [1.165, 1.54) is 6.07 Å². The summed E-state index contributed by atoms with van der Waals surface area (Å²) in [5.74, 6) is -0.115. The molecule has 2 unspecified atom stereocenters. The highest BCUT2D eigenvalue weighted by Crippen LogP contribution is 2.30. The standard InChI is InChI=1S/C15H19F3N2O/c1-9(19-10(2)14(21)20-13-6-7-13)11-4-3-5-12(8-11)15(16,17)18/h3-5,8-10,13,19H,6-7H2,1-2H3,(H,20,21). The van der Waals surface area contributed by atoms with Gasteiger partial charge in [-0.2, -0.15) is 13.2 Å². The Bertz CT molecular complexity index is 512. The molecule has 0 aromatic heterocycles. The first-order valence-corrected chi connectivity index (χ1v) is 7.01. The summed E-state index contributed by atoms with van der Waals surface area (Å²) in [5, 5.41) is 5.89. The first kappa shape index (κ1) is 15.8. The van der Waals surface area contributed by atoms with Crippen molar-refractivity contribution < 1.29 is 18.0 Å². The fraction of sp³-hybridized carbons (Fsp3) is 0.533. The van der Waals surface area contributed by atoms with E-state index in [9.17, 15) is 18.0 Å². The van der Waals surface area contributed by atoms with Crippen LogP contribution in [-0.4, -0.2) is 18.0 Å². The van der Waals surface area contributed by atoms with Crippen molar-refractivity contribution in [1.82, 2.24) is 10.6 Å². The lowest BCUT2D eigenvalue weighted by atomic mass is 10.0. The lowest BCUT2D eigenvalue weighted by Crippen LogP contribution is -2.43. The number of hydrogen-bond donors (Lipinski definition) is 2. The third-order valence-electron chi connectivity index (χ3n) is 3.53. The summed E-state index contributed by atoms with van der Waals surface area (Å²) in [4.78, 5) is 11.8. The van der Waals surface area contributed by atoms with Gasteiger partial charge < -0.3 is 5.32 Å². The van der Waals surface area contributed by atoms with Crippen LogP contribution >= 0.6 is 0 Å². The van der Waals surface area contributed by atoms with Crippen LogP contribution in [0.25, 0.3) is 0 Å². The summed E-state index contributed by atoms with van der Waals surface area (Å²) < 4.78 is 38.1. The molecule has 3 nitrogen and oxygen atoms in total. The number of carbonyl (C=O) groups is 1. The van der Waals surface area contributed by atoms with Gasteiger partial charge in [0.2, 0.25) is 5.91 Å². The first-order chi connectivity index (χ1) is 9.77. The second-order valence-electron chi connectivity index (χ2n) is 5.52. The van der Waals surface area contributed by atoms with Gasteiger partial charge in [0.25, 0.3) is 0 Å². The SMILES string of the molecule is CC(NC(C)c1cccc(C(F)(F)F)c1)C(=O)NC1CC1. The zero-order valence-electron chi connectivity index (χ0n) is 12.0. The van der Waals surface area contributed by atoms with Crippen LogP contribution in [0.4, 0.5) is 13.2 Å². The second-order valence-corrected chi connectivity index (χ2v) is 5.52. The van der Waals surface area contributed by atoms with Gasteiger partial charge in [0.05, 0.1) is 11.6 Å². The van der Waals surface area contributed by atoms with E-state index in [1.807, 2.05) is 0 Å². The maximum Gasteiger partial charge on any atom is 0.416 e. The molecule has 1 aliphatic rings. The summed E-state index contributed by atoms with van der Waals surface area (Å²) in [7, 11) is 0. The van der Waals surface area contributed by atoms with Crippen LogP contribution in [0.1, 0.15) is 43.9 Å². The van der Waals surface area contributed by atoms with Crippen molar-refractivity contribution in [3.8, 4) is 0 Å². The zero-order valence-corrected chi connectivity index (χ0v) is 12.0. The molecule has 2 N–H and O–H groups in total. The predicted molar refractivity (Wildman–Crippen MR) is 73.6 cm³/mol. The van der Waals surface area contributed by atoms with Crippen LogP contribution in [-0.2, 0) is 11.0 Å². The molecule has 1 amide bonds. The van der Waals surface area contributed by atoms with E-state index in [0.29, 0.717) is 5.56 Å². The molecule has 1 aliphatic carbocycles. The molecule has 1 aromatic rings. The Morgan fingerprint density at radius 1 is 1.29 bits per heavy atom. The molecule has 21 heavy (non-hydrogen) atoms. The number of nitrogens with one attached hydrogen (secondary N) is 2. The fourth-order valence-electron chi connectivity index (χ4n) is 2.09. The van der Waals surface area contributed by atoms with Crippen molar-refractivity contribution >= 4 is 5.91 Å². The average molecular weight is 300 g/mol. The molecule has 0 spiro atoms. The third kappa shape index (κ3) is 4.46. The van der Waals surface area contributed by atoms with Gasteiger partial charge in [-0.3, -0.25) is 10.1 Å². The van der Waals surface area contributed by atoms with Crippen LogP contribution in [0.3, 0.4) is 0 Å². The summed E-state index contributed by atoms with van der Waals surface area (Å²) in [6.45, 7) is 3.46. The van der Waals surface area contributed by atoms with Gasteiger partial charge in [-0.15, -0.1) is 0 Å². The smallest absolute Gasteiger partial charge is 0.352 e. The molecular formula is C15H19F3N2O. The molecular weight excluding hydrogens is 281 g/mol. The van der Waals surface area contributed by atoms with Gasteiger partial charge in [0, 0.05) is 12.1 Å². The Labute approximate surface area is 121 Å². The average Bonchev–Trinajstić information content (AvgIpc) is 3.21. The minimum absolute atomic E-state index is 0.115. The number of amides is 1. The summed E-state index contributed by atoms with van der Waals surface area (Å²) >= 11 is 0. The second kappa shape index (κ2) is 6.05. The first-order valence-electron chi connectivity index (χ1n) is 7.01. The van der Waals surface area contributed by atoms with Crippen molar-refractivity contribution in [1.29, 1.82) is 0 Å². The molecule has 2 atom stereocenters. The molecule has 0 aliphatic heterocycles. The van der Waals surface area contributed by atoms with E-state index in [4.69, 9.17) is 0 Å². The summed E-state index contributed by atoms with van der Waals surface area (Å²) in [5.41, 5.74) is -0.167. The van der Waals surface area contributed by atoms with Crippen LogP contribution in [0.15, 0.2) is 24.3 Å². The van der Waals surface area contributed by atoms with Crippen molar-refractivity contribution in [2.45, 2.75) is 51.0 Å². The number of alkyl halides is 3. The number of carbonyl (C=O) groups excluding carboxylic acids is 1. The maximum atomic E-state index is 12.7. The van der Waals surface area contributed by atoms with Gasteiger partial charge >= 0.3 is 6.18 Å². The van der Waals surface area contributed by atoms with Crippen LogP contribution in [0, 0.1) is 0 Å². The Balaban J connectivity index is 1.98. The topological polar surface area (TPSA) is 41.1 Å². The predicted octanol–water partition coefficient (Wildman–Crippen LogP) is 3.02. The summed E-state index contributed by atoms with van der Waals surface area (Å²) in [6.07, 6.45) is -2.35. The van der Waals surface area contributed by atoms with Gasteiger partial charge in [0.15, 0.2) is 0 Å². The van der Waals surface area contributed by atoms with Crippen molar-refractivity contribution in [3.63, 3.8) is 0 Å². The van der Waals surface area contributed by atoms with Crippen molar-refractivity contribution in [2.24, 2.45) is 0 Å². The van der Waals surface area contributed by atoms with Gasteiger partial charge in [-0.1, -0.05) is 12.1 Å². The Morgan fingerprint density at radius 3 is 2.52 bits per heavy atom. The van der Waals surface area contributed by atoms with Gasteiger partial charge in [0.1, 0.15) is 0 Å². The maximum absolute atomic E-state index is 12.7. The van der Waals surface area contributed by atoms with Crippen molar-refractivity contribution in [3.05, 3.63) is 35.4 Å². The normalized spacial score (nSPS) is 18.1. The number of benzene rings is 1. The monoisotopic (exact) mass is 300 g/mol.